The Labute approximate surface area is 163 Å². The number of carbonyl (C=O) groups is 1. The Morgan fingerprint density at radius 1 is 0.769 bits per heavy atom. The molecule has 154 valence electrons. The first-order valence-electron chi connectivity index (χ1n) is 11.3. The molecule has 0 bridgehead atoms. The summed E-state index contributed by atoms with van der Waals surface area (Å²) < 4.78 is 0. The Morgan fingerprint density at radius 3 is 1.58 bits per heavy atom. The molecule has 0 aliphatic heterocycles. The zero-order valence-electron chi connectivity index (χ0n) is 17.8. The van der Waals surface area contributed by atoms with Crippen LogP contribution in [0.15, 0.2) is 12.7 Å². The molecule has 0 aromatic rings. The molecule has 3 heteroatoms. The second kappa shape index (κ2) is 20.5. The van der Waals surface area contributed by atoms with Gasteiger partial charge in [0.1, 0.15) is 0 Å². The molecular weight excluding hydrogens is 322 g/mol. The van der Waals surface area contributed by atoms with E-state index >= 15 is 0 Å². The molecule has 26 heavy (non-hydrogen) atoms. The van der Waals surface area contributed by atoms with Crippen molar-refractivity contribution in [2.45, 2.75) is 117 Å². The van der Waals surface area contributed by atoms with E-state index in [9.17, 15) is 4.79 Å². The lowest BCUT2D eigenvalue weighted by atomic mass is 10.0. The van der Waals surface area contributed by atoms with Gasteiger partial charge in [0.15, 0.2) is 0 Å². The minimum atomic E-state index is 0.0847. The summed E-state index contributed by atoms with van der Waals surface area (Å²) in [6.45, 7) is 8.85. The van der Waals surface area contributed by atoms with Gasteiger partial charge in [0.25, 0.3) is 0 Å². The first-order valence-corrected chi connectivity index (χ1v) is 11.3. The van der Waals surface area contributed by atoms with Gasteiger partial charge >= 0.3 is 0 Å². The third-order valence-electron chi connectivity index (χ3n) is 4.85. The number of rotatable bonds is 20. The van der Waals surface area contributed by atoms with Crippen LogP contribution in [-0.4, -0.2) is 24.1 Å². The lowest BCUT2D eigenvalue weighted by molar-refractivity contribution is -0.181. The molecule has 1 amide bonds. The highest BCUT2D eigenvalue weighted by atomic mass is 16.7. The lowest BCUT2D eigenvalue weighted by Gasteiger charge is -2.19. The van der Waals surface area contributed by atoms with Gasteiger partial charge in [-0.3, -0.25) is 9.63 Å². The van der Waals surface area contributed by atoms with Crippen LogP contribution < -0.4 is 0 Å². The zero-order valence-corrected chi connectivity index (χ0v) is 17.8. The molecule has 0 heterocycles. The van der Waals surface area contributed by atoms with Gasteiger partial charge in [0.05, 0.1) is 13.2 Å². The van der Waals surface area contributed by atoms with E-state index < -0.39 is 0 Å². The summed E-state index contributed by atoms with van der Waals surface area (Å²) in [7, 11) is 0. The number of hydrogen-bond donors (Lipinski definition) is 0. The van der Waals surface area contributed by atoms with Crippen molar-refractivity contribution in [3.05, 3.63) is 12.7 Å². The average Bonchev–Trinajstić information content (AvgIpc) is 2.64. The largest absolute Gasteiger partial charge is 0.273 e. The third kappa shape index (κ3) is 16.6. The molecule has 0 saturated heterocycles. The van der Waals surface area contributed by atoms with E-state index in [0.29, 0.717) is 19.6 Å². The van der Waals surface area contributed by atoms with E-state index in [0.717, 1.165) is 12.8 Å². The highest BCUT2D eigenvalue weighted by Gasteiger charge is 2.11. The number of hydroxylamine groups is 2. The highest BCUT2D eigenvalue weighted by molar-refractivity contribution is 5.75. The molecule has 0 saturated carbocycles. The van der Waals surface area contributed by atoms with Crippen molar-refractivity contribution in [3.63, 3.8) is 0 Å². The Bertz CT molecular complexity index is 317. The Hall–Kier alpha value is -0.830. The number of carbonyl (C=O) groups excluding carboxylic acids is 1. The quantitative estimate of drug-likeness (QED) is 0.129. The highest BCUT2D eigenvalue weighted by Crippen LogP contribution is 2.14. The minimum absolute atomic E-state index is 0.0847. The van der Waals surface area contributed by atoms with Crippen LogP contribution in [-0.2, 0) is 9.63 Å². The van der Waals surface area contributed by atoms with E-state index in [1.807, 2.05) is 6.92 Å². The summed E-state index contributed by atoms with van der Waals surface area (Å²) in [5.41, 5.74) is 0. The number of unbranched alkanes of at least 4 members (excludes halogenated alkanes) is 14. The van der Waals surface area contributed by atoms with E-state index in [1.165, 1.54) is 88.5 Å². The van der Waals surface area contributed by atoms with Crippen molar-refractivity contribution < 1.29 is 9.63 Å². The molecule has 0 N–H and O–H groups in total. The van der Waals surface area contributed by atoms with Crippen LogP contribution in [0.5, 0.6) is 0 Å². The number of hydrogen-bond acceptors (Lipinski definition) is 2. The molecule has 0 unspecified atom stereocenters. The zero-order chi connectivity index (χ0) is 19.3. The number of nitrogens with zero attached hydrogens (tertiary/aromatic N) is 1. The normalized spacial score (nSPS) is 10.8. The van der Waals surface area contributed by atoms with Gasteiger partial charge in [-0.1, -0.05) is 103 Å². The summed E-state index contributed by atoms with van der Waals surface area (Å²) in [6, 6.07) is 0. The first kappa shape index (κ1) is 25.2. The predicted octanol–water partition coefficient (Wildman–Crippen LogP) is 7.21. The molecule has 0 atom stereocenters. The molecule has 0 aliphatic rings. The van der Waals surface area contributed by atoms with Crippen molar-refractivity contribution in [2.75, 3.05) is 13.2 Å². The summed E-state index contributed by atoms with van der Waals surface area (Å²) in [4.78, 5) is 17.3. The SMILES string of the molecule is C=CCN(OCC)C(=O)CCCCCCCCCCCCCCCCC. The van der Waals surface area contributed by atoms with Crippen LogP contribution >= 0.6 is 0 Å². The summed E-state index contributed by atoms with van der Waals surface area (Å²) in [5.74, 6) is 0.0847. The second-order valence-electron chi connectivity index (χ2n) is 7.36. The Morgan fingerprint density at radius 2 is 1.19 bits per heavy atom. The van der Waals surface area contributed by atoms with Gasteiger partial charge in [0.2, 0.25) is 5.91 Å². The number of amides is 1. The monoisotopic (exact) mass is 367 g/mol. The molecule has 0 spiro atoms. The average molecular weight is 368 g/mol. The molecule has 3 nitrogen and oxygen atoms in total. The van der Waals surface area contributed by atoms with Gasteiger partial charge in [-0.2, -0.15) is 0 Å². The fourth-order valence-corrected chi connectivity index (χ4v) is 3.27. The van der Waals surface area contributed by atoms with Gasteiger partial charge in [0, 0.05) is 6.42 Å². The summed E-state index contributed by atoms with van der Waals surface area (Å²) >= 11 is 0. The van der Waals surface area contributed by atoms with Gasteiger partial charge in [-0.15, -0.1) is 6.58 Å². The van der Waals surface area contributed by atoms with E-state index in [1.54, 1.807) is 6.08 Å². The Kier molecular flexibility index (Phi) is 19.8. The minimum Gasteiger partial charge on any atom is -0.273 e. The van der Waals surface area contributed by atoms with Crippen molar-refractivity contribution in [1.29, 1.82) is 0 Å². The molecular formula is C23H45NO2. The van der Waals surface area contributed by atoms with Crippen molar-refractivity contribution in [3.8, 4) is 0 Å². The predicted molar refractivity (Wildman–Crippen MR) is 113 cm³/mol. The molecule has 0 aromatic carbocycles. The van der Waals surface area contributed by atoms with E-state index in [-0.39, 0.29) is 5.91 Å². The molecule has 0 aromatic heterocycles. The van der Waals surface area contributed by atoms with Crippen LogP contribution in [0.1, 0.15) is 117 Å². The molecule has 0 aliphatic carbocycles. The topological polar surface area (TPSA) is 29.5 Å². The fraction of sp³-hybridized carbons (Fsp3) is 0.870. The maximum atomic E-state index is 12.0. The van der Waals surface area contributed by atoms with Crippen LogP contribution in [0.4, 0.5) is 0 Å². The van der Waals surface area contributed by atoms with Crippen molar-refractivity contribution >= 4 is 5.91 Å². The first-order chi connectivity index (χ1) is 12.8. The second-order valence-corrected chi connectivity index (χ2v) is 7.36. The molecule has 0 radical (unpaired) electrons. The Balaban J connectivity index is 3.30. The van der Waals surface area contributed by atoms with Crippen LogP contribution in [0, 0.1) is 0 Å². The maximum Gasteiger partial charge on any atom is 0.246 e. The van der Waals surface area contributed by atoms with Gasteiger partial charge in [-0.05, 0) is 13.3 Å². The summed E-state index contributed by atoms with van der Waals surface area (Å²) in [5, 5.41) is 1.44. The molecule has 0 rings (SSSR count). The van der Waals surface area contributed by atoms with Crippen LogP contribution in [0.2, 0.25) is 0 Å². The third-order valence-corrected chi connectivity index (χ3v) is 4.85. The van der Waals surface area contributed by atoms with Crippen LogP contribution in [0.3, 0.4) is 0 Å². The van der Waals surface area contributed by atoms with E-state index in [2.05, 4.69) is 13.5 Å². The molecule has 0 fully saturated rings. The van der Waals surface area contributed by atoms with Crippen LogP contribution in [0.25, 0.3) is 0 Å². The van der Waals surface area contributed by atoms with E-state index in [4.69, 9.17) is 4.84 Å². The maximum absolute atomic E-state index is 12.0. The smallest absolute Gasteiger partial charge is 0.246 e. The summed E-state index contributed by atoms with van der Waals surface area (Å²) in [6.07, 6.45) is 22.5. The fourth-order valence-electron chi connectivity index (χ4n) is 3.27. The van der Waals surface area contributed by atoms with Gasteiger partial charge < -0.3 is 0 Å². The van der Waals surface area contributed by atoms with Crippen molar-refractivity contribution in [1.82, 2.24) is 5.06 Å². The standard InChI is InChI=1S/C23H45NO2/c1-4-7-8-9-10-11-12-13-14-15-16-17-18-19-20-21-23(25)24(22-5-2)26-6-3/h5H,2,4,6-22H2,1,3H3. The van der Waals surface area contributed by atoms with Gasteiger partial charge in [-0.25, -0.2) is 5.06 Å². The van der Waals surface area contributed by atoms with Crippen molar-refractivity contribution in [2.24, 2.45) is 0 Å². The lowest BCUT2D eigenvalue weighted by Crippen LogP contribution is -2.31.